The number of hydrogen-bond acceptors (Lipinski definition) is 4. The van der Waals surface area contributed by atoms with Gasteiger partial charge in [-0.3, -0.25) is 19.0 Å². The zero-order valence-electron chi connectivity index (χ0n) is 17.0. The van der Waals surface area contributed by atoms with E-state index in [9.17, 15) is 14.2 Å². The van der Waals surface area contributed by atoms with Gasteiger partial charge < -0.3 is 14.9 Å². The maximum Gasteiger partial charge on any atom is 0.326 e. The smallest absolute Gasteiger partial charge is 0.326 e. The molecule has 0 aliphatic carbocycles. The Bertz CT molecular complexity index is 657. The van der Waals surface area contributed by atoms with Gasteiger partial charge in [0.05, 0.1) is 12.8 Å². The van der Waals surface area contributed by atoms with E-state index in [1.165, 1.54) is 11.1 Å². The zero-order chi connectivity index (χ0) is 21.7. The molecule has 8 nitrogen and oxygen atoms in total. The molecule has 160 valence electrons. The van der Waals surface area contributed by atoms with E-state index < -0.39 is 31.6 Å². The van der Waals surface area contributed by atoms with Crippen molar-refractivity contribution in [2.24, 2.45) is 5.92 Å². The van der Waals surface area contributed by atoms with Gasteiger partial charge in [-0.2, -0.15) is 0 Å². The Morgan fingerprint density at radius 2 is 1.54 bits per heavy atom. The summed E-state index contributed by atoms with van der Waals surface area (Å²) in [6.45, 7) is 8.22. The van der Waals surface area contributed by atoms with E-state index in [1.54, 1.807) is 6.08 Å². The number of allylic oxidation sites excluding steroid dienone is 5. The van der Waals surface area contributed by atoms with E-state index >= 15 is 0 Å². The van der Waals surface area contributed by atoms with Crippen LogP contribution in [0, 0.1) is 5.92 Å². The summed E-state index contributed by atoms with van der Waals surface area (Å²) in [7, 11) is -4.64. The third-order valence-electron chi connectivity index (χ3n) is 3.85. The molecule has 0 spiro atoms. The van der Waals surface area contributed by atoms with Crippen molar-refractivity contribution in [2.75, 3.05) is 12.8 Å². The van der Waals surface area contributed by atoms with Gasteiger partial charge in [0.2, 0.25) is 0 Å². The molecule has 0 fully saturated rings. The van der Waals surface area contributed by atoms with Gasteiger partial charge in [0.15, 0.2) is 0 Å². The van der Waals surface area contributed by atoms with Crippen LogP contribution in [0.4, 0.5) is 0 Å². The Labute approximate surface area is 166 Å². The predicted molar refractivity (Wildman–Crippen MR) is 108 cm³/mol. The maximum absolute atomic E-state index is 11.7. The molecule has 1 unspecified atom stereocenters. The van der Waals surface area contributed by atoms with E-state index in [0.717, 1.165) is 31.3 Å². The molecule has 0 saturated carbocycles. The summed E-state index contributed by atoms with van der Waals surface area (Å²) in [5, 5.41) is 8.89. The number of carboxylic acid groups (broad SMARTS) is 1. The largest absolute Gasteiger partial charge is 0.481 e. The Balaban J connectivity index is 4.26. The summed E-state index contributed by atoms with van der Waals surface area (Å²) in [4.78, 5) is 45.2. The van der Waals surface area contributed by atoms with Crippen molar-refractivity contribution in [3.63, 3.8) is 0 Å². The fraction of sp³-hybridized carbons (Fsp3) is 0.579. The topological polar surface area (TPSA) is 133 Å². The Morgan fingerprint density at radius 3 is 2.04 bits per heavy atom. The molecule has 0 radical (unpaired) electrons. The van der Waals surface area contributed by atoms with E-state index in [1.807, 2.05) is 12.4 Å². The average Bonchev–Trinajstić information content (AvgIpc) is 2.55. The molecule has 0 heterocycles. The molecule has 1 atom stereocenters. The molecular formula is C19H32NO7P. The normalized spacial score (nSPS) is 13.8. The second kappa shape index (κ2) is 13.4. The number of rotatable bonds is 13. The number of carbonyl (C=O) groups excluding carboxylic acids is 1. The highest BCUT2D eigenvalue weighted by Crippen LogP contribution is 2.36. The molecule has 28 heavy (non-hydrogen) atoms. The maximum atomic E-state index is 11.7. The van der Waals surface area contributed by atoms with Crippen LogP contribution in [-0.4, -0.2) is 39.5 Å². The summed E-state index contributed by atoms with van der Waals surface area (Å²) in [6, 6.07) is 0. The molecule has 0 saturated heterocycles. The number of aliphatic carboxylic acids is 1. The molecule has 0 aromatic carbocycles. The highest BCUT2D eigenvalue weighted by molar-refractivity contribution is 7.51. The second-order valence-electron chi connectivity index (χ2n) is 6.98. The van der Waals surface area contributed by atoms with Crippen molar-refractivity contribution in [2.45, 2.75) is 53.4 Å². The molecular weight excluding hydrogens is 385 g/mol. The molecule has 1 amide bonds. The van der Waals surface area contributed by atoms with Crippen LogP contribution in [-0.2, 0) is 19.0 Å². The minimum Gasteiger partial charge on any atom is -0.481 e. The van der Waals surface area contributed by atoms with Gasteiger partial charge in [-0.1, -0.05) is 34.9 Å². The Hall–Kier alpha value is -1.73. The quantitative estimate of drug-likeness (QED) is 0.119. The first-order valence-corrected chi connectivity index (χ1v) is 10.9. The van der Waals surface area contributed by atoms with Gasteiger partial charge in [-0.05, 0) is 53.4 Å². The molecule has 0 bridgehead atoms. The summed E-state index contributed by atoms with van der Waals surface area (Å²) >= 11 is 0. The number of hydrogen-bond donors (Lipinski definition) is 4. The van der Waals surface area contributed by atoms with Crippen LogP contribution in [0.2, 0.25) is 0 Å². The monoisotopic (exact) mass is 417 g/mol. The van der Waals surface area contributed by atoms with E-state index in [0.29, 0.717) is 0 Å². The van der Waals surface area contributed by atoms with Crippen LogP contribution in [0.1, 0.15) is 53.4 Å². The van der Waals surface area contributed by atoms with E-state index in [-0.39, 0.29) is 6.61 Å². The highest BCUT2D eigenvalue weighted by Gasteiger charge is 2.33. The van der Waals surface area contributed by atoms with Crippen molar-refractivity contribution < 1.29 is 33.9 Å². The number of carboxylic acids is 1. The Morgan fingerprint density at radius 1 is 1.00 bits per heavy atom. The lowest BCUT2D eigenvalue weighted by molar-refractivity contribution is -0.150. The van der Waals surface area contributed by atoms with Crippen LogP contribution in [0.3, 0.4) is 0 Å². The van der Waals surface area contributed by atoms with Gasteiger partial charge in [0.25, 0.3) is 5.91 Å². The number of hydroxylamine groups is 1. The first-order chi connectivity index (χ1) is 12.9. The van der Waals surface area contributed by atoms with Gasteiger partial charge in [0.1, 0.15) is 5.92 Å². The third kappa shape index (κ3) is 14.3. The second-order valence-corrected chi connectivity index (χ2v) is 8.67. The predicted octanol–water partition coefficient (Wildman–Crippen LogP) is 3.33. The minimum absolute atomic E-state index is 0.0308. The standard InChI is InChI=1S/C19H32NO7P/c1-14(2)7-5-8-15(3)9-6-10-16(4)11-12-27-20-18(21)17(19(22)23)13-28(24,25)26/h7,9,11,17H,5-6,8,10,12-13H2,1-4H3,(H,20,21)(H,22,23)(H2,24,25,26)/b15-9+,16-11+. The summed E-state index contributed by atoms with van der Waals surface area (Å²) in [5.41, 5.74) is 5.62. The van der Waals surface area contributed by atoms with Crippen LogP contribution < -0.4 is 5.48 Å². The van der Waals surface area contributed by atoms with Gasteiger partial charge in [0, 0.05) is 0 Å². The molecule has 4 N–H and O–H groups in total. The third-order valence-corrected chi connectivity index (χ3v) is 4.69. The van der Waals surface area contributed by atoms with Crippen LogP contribution in [0.15, 0.2) is 34.9 Å². The van der Waals surface area contributed by atoms with Crippen molar-refractivity contribution in [1.82, 2.24) is 5.48 Å². The van der Waals surface area contributed by atoms with Crippen LogP contribution >= 0.6 is 7.60 Å². The van der Waals surface area contributed by atoms with Crippen molar-refractivity contribution >= 4 is 19.5 Å². The van der Waals surface area contributed by atoms with Crippen LogP contribution in [0.5, 0.6) is 0 Å². The van der Waals surface area contributed by atoms with Crippen LogP contribution in [0.25, 0.3) is 0 Å². The van der Waals surface area contributed by atoms with E-state index in [2.05, 4.69) is 32.9 Å². The van der Waals surface area contributed by atoms with Gasteiger partial charge >= 0.3 is 13.6 Å². The van der Waals surface area contributed by atoms with E-state index in [4.69, 9.17) is 19.7 Å². The van der Waals surface area contributed by atoms with Crippen molar-refractivity contribution in [3.8, 4) is 0 Å². The lowest BCUT2D eigenvalue weighted by atomic mass is 10.1. The van der Waals surface area contributed by atoms with Gasteiger partial charge in [-0.15, -0.1) is 0 Å². The fourth-order valence-corrected chi connectivity index (χ4v) is 3.02. The summed E-state index contributed by atoms with van der Waals surface area (Å²) in [5.74, 6) is -4.59. The molecule has 0 aliphatic rings. The minimum atomic E-state index is -4.64. The summed E-state index contributed by atoms with van der Waals surface area (Å²) < 4.78 is 10.9. The first-order valence-electron chi connectivity index (χ1n) is 9.06. The molecule has 0 aromatic heterocycles. The molecule has 0 rings (SSSR count). The number of carbonyl (C=O) groups is 2. The zero-order valence-corrected chi connectivity index (χ0v) is 17.9. The van der Waals surface area contributed by atoms with Crippen molar-refractivity contribution in [3.05, 3.63) is 34.9 Å². The molecule has 0 aliphatic heterocycles. The number of amides is 1. The van der Waals surface area contributed by atoms with Gasteiger partial charge in [-0.25, -0.2) is 5.48 Å². The summed E-state index contributed by atoms with van der Waals surface area (Å²) in [6.07, 6.45) is 8.86. The highest BCUT2D eigenvalue weighted by atomic mass is 31.2. The molecule has 9 heteroatoms. The lowest BCUT2D eigenvalue weighted by Gasteiger charge is -2.13. The first kappa shape index (κ1) is 26.3. The fourth-order valence-electron chi connectivity index (χ4n) is 2.22. The molecule has 0 aromatic rings. The lowest BCUT2D eigenvalue weighted by Crippen LogP contribution is -2.37. The number of nitrogens with one attached hydrogen (secondary N) is 1. The average molecular weight is 417 g/mol. The SMILES string of the molecule is CC(C)=CCC/C(C)=C/CC/C(C)=C/CONC(=O)C(CP(=O)(O)O)C(=O)O. The Kier molecular flexibility index (Phi) is 12.6. The van der Waals surface area contributed by atoms with Crippen molar-refractivity contribution in [1.29, 1.82) is 0 Å².